The minimum Gasteiger partial charge on any atom is -0.496 e. The van der Waals surface area contributed by atoms with E-state index >= 15 is 0 Å². The van der Waals surface area contributed by atoms with Crippen molar-refractivity contribution in [3.63, 3.8) is 0 Å². The number of nitrogens with one attached hydrogen (secondary N) is 1. The maximum absolute atomic E-state index is 12.4. The van der Waals surface area contributed by atoms with Crippen LogP contribution in [0.2, 0.25) is 0 Å². The molecule has 5 nitrogen and oxygen atoms in total. The Labute approximate surface area is 155 Å². The summed E-state index contributed by atoms with van der Waals surface area (Å²) in [5, 5.41) is 2.94. The van der Waals surface area contributed by atoms with Crippen molar-refractivity contribution in [1.82, 2.24) is 5.32 Å². The van der Waals surface area contributed by atoms with Crippen molar-refractivity contribution in [2.45, 2.75) is 26.7 Å². The van der Waals surface area contributed by atoms with Crippen molar-refractivity contribution in [3.8, 4) is 17.2 Å². The first kappa shape index (κ1) is 19.6. The fourth-order valence-electron chi connectivity index (χ4n) is 2.57. The number of amides is 1. The molecule has 0 saturated heterocycles. The van der Waals surface area contributed by atoms with Crippen molar-refractivity contribution in [3.05, 3.63) is 53.6 Å². The monoisotopic (exact) mass is 357 g/mol. The predicted octanol–water partition coefficient (Wildman–Crippen LogP) is 3.86. The van der Waals surface area contributed by atoms with Gasteiger partial charge in [0, 0.05) is 12.1 Å². The van der Waals surface area contributed by atoms with Gasteiger partial charge in [-0.25, -0.2) is 0 Å². The van der Waals surface area contributed by atoms with E-state index in [1.807, 2.05) is 38.1 Å². The first-order chi connectivity index (χ1) is 12.7. The normalized spacial score (nSPS) is 10.3. The largest absolute Gasteiger partial charge is 0.496 e. The molecule has 0 spiro atoms. The van der Waals surface area contributed by atoms with Crippen molar-refractivity contribution < 1.29 is 19.0 Å². The summed E-state index contributed by atoms with van der Waals surface area (Å²) in [7, 11) is 1.65. The molecule has 140 valence electrons. The van der Waals surface area contributed by atoms with E-state index in [0.29, 0.717) is 43.2 Å². The van der Waals surface area contributed by atoms with Crippen molar-refractivity contribution in [2.24, 2.45) is 0 Å². The summed E-state index contributed by atoms with van der Waals surface area (Å²) in [4.78, 5) is 12.4. The fourth-order valence-corrected chi connectivity index (χ4v) is 2.57. The third-order valence-corrected chi connectivity index (χ3v) is 3.84. The van der Waals surface area contributed by atoms with Gasteiger partial charge in [0.25, 0.3) is 5.91 Å². The zero-order valence-corrected chi connectivity index (χ0v) is 15.7. The van der Waals surface area contributed by atoms with Crippen LogP contribution in [0.25, 0.3) is 0 Å². The predicted molar refractivity (Wildman–Crippen MR) is 102 cm³/mol. The van der Waals surface area contributed by atoms with Gasteiger partial charge in [0.15, 0.2) is 11.5 Å². The van der Waals surface area contributed by atoms with Crippen LogP contribution in [0, 0.1) is 0 Å². The maximum atomic E-state index is 12.4. The Bertz CT molecular complexity index is 715. The number of hydrogen-bond acceptors (Lipinski definition) is 4. The number of para-hydroxylation sites is 1. The summed E-state index contributed by atoms with van der Waals surface area (Å²) in [6.07, 6.45) is 1.61. The highest BCUT2D eigenvalue weighted by atomic mass is 16.5. The van der Waals surface area contributed by atoms with Crippen LogP contribution in [0.1, 0.15) is 36.2 Å². The molecule has 0 radical (unpaired) electrons. The molecule has 2 aromatic rings. The zero-order valence-electron chi connectivity index (χ0n) is 15.7. The summed E-state index contributed by atoms with van der Waals surface area (Å²) >= 11 is 0. The SMILES string of the molecule is CCCOc1ccc(C(=O)NCCc2ccccc2OC)cc1OCC. The van der Waals surface area contributed by atoms with Crippen LogP contribution >= 0.6 is 0 Å². The van der Waals surface area contributed by atoms with Crippen molar-refractivity contribution in [2.75, 3.05) is 26.9 Å². The molecule has 26 heavy (non-hydrogen) atoms. The number of hydrogen-bond donors (Lipinski definition) is 1. The Kier molecular flexibility index (Phi) is 7.80. The molecule has 0 saturated carbocycles. The highest BCUT2D eigenvalue weighted by molar-refractivity contribution is 5.94. The lowest BCUT2D eigenvalue weighted by Crippen LogP contribution is -2.25. The van der Waals surface area contributed by atoms with E-state index in [0.717, 1.165) is 17.7 Å². The number of carbonyl (C=O) groups is 1. The molecule has 1 N–H and O–H groups in total. The Morgan fingerprint density at radius 3 is 2.54 bits per heavy atom. The molecule has 1 amide bonds. The van der Waals surface area contributed by atoms with E-state index < -0.39 is 0 Å². The van der Waals surface area contributed by atoms with Crippen LogP contribution in [0.4, 0.5) is 0 Å². The van der Waals surface area contributed by atoms with Gasteiger partial charge in [-0.1, -0.05) is 25.1 Å². The summed E-state index contributed by atoms with van der Waals surface area (Å²) in [6.45, 7) is 5.61. The van der Waals surface area contributed by atoms with Crippen LogP contribution in [0.3, 0.4) is 0 Å². The number of methoxy groups -OCH3 is 1. The average molecular weight is 357 g/mol. The molecule has 0 aliphatic heterocycles. The molecule has 2 aromatic carbocycles. The summed E-state index contributed by atoms with van der Waals surface area (Å²) in [5.74, 6) is 1.96. The third kappa shape index (κ3) is 5.41. The van der Waals surface area contributed by atoms with E-state index in [9.17, 15) is 4.79 Å². The van der Waals surface area contributed by atoms with Gasteiger partial charge < -0.3 is 19.5 Å². The second-order valence-corrected chi connectivity index (χ2v) is 5.76. The standard InChI is InChI=1S/C21H27NO4/c1-4-14-26-19-11-10-17(15-20(19)25-5-2)21(23)22-13-12-16-8-6-7-9-18(16)24-3/h6-11,15H,4-5,12-14H2,1-3H3,(H,22,23). The fraction of sp³-hybridized carbons (Fsp3) is 0.381. The average Bonchev–Trinajstić information content (AvgIpc) is 2.67. The first-order valence-electron chi connectivity index (χ1n) is 8.99. The van der Waals surface area contributed by atoms with E-state index in [2.05, 4.69) is 5.32 Å². The van der Waals surface area contributed by atoms with Gasteiger partial charge in [0.1, 0.15) is 5.75 Å². The lowest BCUT2D eigenvalue weighted by Gasteiger charge is -2.13. The molecule has 0 aliphatic rings. The molecule has 0 heterocycles. The second-order valence-electron chi connectivity index (χ2n) is 5.76. The lowest BCUT2D eigenvalue weighted by molar-refractivity contribution is 0.0953. The molecule has 0 aromatic heterocycles. The van der Waals surface area contributed by atoms with E-state index in [4.69, 9.17) is 14.2 Å². The maximum Gasteiger partial charge on any atom is 0.251 e. The van der Waals surface area contributed by atoms with Crippen LogP contribution in [0.5, 0.6) is 17.2 Å². The number of ether oxygens (including phenoxy) is 3. The highest BCUT2D eigenvalue weighted by Gasteiger charge is 2.12. The van der Waals surface area contributed by atoms with Gasteiger partial charge in [-0.15, -0.1) is 0 Å². The Balaban J connectivity index is 1.99. The molecule has 2 rings (SSSR count). The first-order valence-corrected chi connectivity index (χ1v) is 8.99. The topological polar surface area (TPSA) is 56.8 Å². The molecule has 0 bridgehead atoms. The molecular weight excluding hydrogens is 330 g/mol. The minimum atomic E-state index is -0.136. The highest BCUT2D eigenvalue weighted by Crippen LogP contribution is 2.28. The Morgan fingerprint density at radius 1 is 1.00 bits per heavy atom. The number of benzene rings is 2. The van der Waals surface area contributed by atoms with E-state index in [1.165, 1.54) is 0 Å². The van der Waals surface area contributed by atoms with Crippen molar-refractivity contribution in [1.29, 1.82) is 0 Å². The molecule has 0 aliphatic carbocycles. The molecular formula is C21H27NO4. The summed E-state index contributed by atoms with van der Waals surface area (Å²) in [5.41, 5.74) is 1.62. The lowest BCUT2D eigenvalue weighted by atomic mass is 10.1. The Morgan fingerprint density at radius 2 is 1.81 bits per heavy atom. The van der Waals surface area contributed by atoms with Crippen LogP contribution in [-0.2, 0) is 6.42 Å². The molecule has 0 unspecified atom stereocenters. The Hall–Kier alpha value is -2.69. The van der Waals surface area contributed by atoms with Gasteiger partial charge in [0.2, 0.25) is 0 Å². The molecule has 5 heteroatoms. The quantitative estimate of drug-likeness (QED) is 0.702. The number of rotatable bonds is 10. The summed E-state index contributed by atoms with van der Waals surface area (Å²) in [6, 6.07) is 13.1. The minimum absolute atomic E-state index is 0.136. The molecule has 0 fully saturated rings. The van der Waals surface area contributed by atoms with Crippen molar-refractivity contribution >= 4 is 5.91 Å². The van der Waals surface area contributed by atoms with Crippen LogP contribution in [-0.4, -0.2) is 32.8 Å². The van der Waals surface area contributed by atoms with Crippen LogP contribution < -0.4 is 19.5 Å². The van der Waals surface area contributed by atoms with E-state index in [-0.39, 0.29) is 5.91 Å². The second kappa shape index (κ2) is 10.3. The number of carbonyl (C=O) groups excluding carboxylic acids is 1. The van der Waals surface area contributed by atoms with E-state index in [1.54, 1.807) is 25.3 Å². The smallest absolute Gasteiger partial charge is 0.251 e. The van der Waals surface area contributed by atoms with Gasteiger partial charge in [-0.3, -0.25) is 4.79 Å². The zero-order chi connectivity index (χ0) is 18.8. The van der Waals surface area contributed by atoms with Gasteiger partial charge >= 0.3 is 0 Å². The van der Waals surface area contributed by atoms with Gasteiger partial charge in [0.05, 0.1) is 20.3 Å². The van der Waals surface area contributed by atoms with Gasteiger partial charge in [-0.2, -0.15) is 0 Å². The van der Waals surface area contributed by atoms with Gasteiger partial charge in [-0.05, 0) is 49.6 Å². The summed E-state index contributed by atoms with van der Waals surface area (Å²) < 4.78 is 16.6. The molecule has 0 atom stereocenters. The third-order valence-electron chi connectivity index (χ3n) is 3.84. The van der Waals surface area contributed by atoms with Crippen LogP contribution in [0.15, 0.2) is 42.5 Å².